The lowest BCUT2D eigenvalue weighted by Crippen LogP contribution is -2.48. The maximum absolute atomic E-state index is 5.41. The number of nitrogens with zero attached hydrogens (tertiary/aromatic N) is 1. The van der Waals surface area contributed by atoms with Crippen molar-refractivity contribution in [2.24, 2.45) is 5.92 Å². The molecule has 1 aliphatic heterocycles. The maximum atomic E-state index is 5.41. The predicted octanol–water partition coefficient (Wildman–Crippen LogP) is 4.04. The summed E-state index contributed by atoms with van der Waals surface area (Å²) >= 11 is 0. The van der Waals surface area contributed by atoms with Crippen molar-refractivity contribution in [2.75, 3.05) is 26.7 Å². The van der Waals surface area contributed by atoms with Gasteiger partial charge in [0.1, 0.15) is 5.75 Å². The Morgan fingerprint density at radius 2 is 2.19 bits per heavy atom. The minimum atomic E-state index is 0.175. The van der Waals surface area contributed by atoms with Gasteiger partial charge in [0.15, 0.2) is 0 Å². The fourth-order valence-electron chi connectivity index (χ4n) is 3.65. The van der Waals surface area contributed by atoms with E-state index in [4.69, 9.17) is 4.74 Å². The molecule has 1 fully saturated rings. The van der Waals surface area contributed by atoms with E-state index in [9.17, 15) is 0 Å². The van der Waals surface area contributed by atoms with Crippen LogP contribution in [0.3, 0.4) is 0 Å². The first-order valence-corrected chi connectivity index (χ1v) is 7.75. The molecule has 1 heterocycles. The summed E-state index contributed by atoms with van der Waals surface area (Å²) < 4.78 is 5.41. The van der Waals surface area contributed by atoms with Gasteiger partial charge in [-0.15, -0.1) is 13.2 Å². The summed E-state index contributed by atoms with van der Waals surface area (Å²) in [6.07, 6.45) is 6.24. The molecule has 1 aromatic rings. The average Bonchev–Trinajstić information content (AvgIpc) is 2.50. The molecule has 114 valence electrons. The number of hydrogen-bond acceptors (Lipinski definition) is 2. The van der Waals surface area contributed by atoms with Crippen molar-refractivity contribution in [2.45, 2.75) is 25.2 Å². The smallest absolute Gasteiger partial charge is 0.119 e. The topological polar surface area (TPSA) is 12.5 Å². The summed E-state index contributed by atoms with van der Waals surface area (Å²) in [7, 11) is 1.73. The van der Waals surface area contributed by atoms with Crippen molar-refractivity contribution in [1.82, 2.24) is 4.90 Å². The summed E-state index contributed by atoms with van der Waals surface area (Å²) in [5.74, 6) is 1.52. The van der Waals surface area contributed by atoms with E-state index in [1.165, 1.54) is 5.56 Å². The molecule has 1 aromatic carbocycles. The Hall–Kier alpha value is -1.54. The lowest BCUT2D eigenvalue weighted by molar-refractivity contribution is 0.111. The molecule has 21 heavy (non-hydrogen) atoms. The van der Waals surface area contributed by atoms with Gasteiger partial charge in [0.05, 0.1) is 7.11 Å². The summed E-state index contributed by atoms with van der Waals surface area (Å²) in [6, 6.07) is 8.55. The molecule has 2 atom stereocenters. The van der Waals surface area contributed by atoms with Crippen molar-refractivity contribution in [1.29, 1.82) is 0 Å². The number of rotatable bonds is 6. The lowest BCUT2D eigenvalue weighted by atomic mass is 9.64. The van der Waals surface area contributed by atoms with E-state index in [1.807, 2.05) is 12.1 Å². The molecule has 2 nitrogen and oxygen atoms in total. The first kappa shape index (κ1) is 15.8. The number of methoxy groups -OCH3 is 1. The molecule has 0 spiro atoms. The van der Waals surface area contributed by atoms with E-state index >= 15 is 0 Å². The van der Waals surface area contributed by atoms with Crippen LogP contribution in [-0.4, -0.2) is 31.6 Å². The van der Waals surface area contributed by atoms with Crippen LogP contribution in [0.1, 0.15) is 25.3 Å². The predicted molar refractivity (Wildman–Crippen MR) is 89.9 cm³/mol. The van der Waals surface area contributed by atoms with Gasteiger partial charge in [-0.05, 0) is 43.0 Å². The van der Waals surface area contributed by atoms with Crippen LogP contribution >= 0.6 is 0 Å². The second kappa shape index (κ2) is 6.95. The van der Waals surface area contributed by atoms with Gasteiger partial charge in [-0.2, -0.15) is 0 Å². The van der Waals surface area contributed by atoms with Gasteiger partial charge in [-0.1, -0.05) is 31.2 Å². The monoisotopic (exact) mass is 285 g/mol. The van der Waals surface area contributed by atoms with Gasteiger partial charge in [-0.3, -0.25) is 4.90 Å². The van der Waals surface area contributed by atoms with Crippen LogP contribution in [0.4, 0.5) is 0 Å². The van der Waals surface area contributed by atoms with Crippen molar-refractivity contribution in [3.63, 3.8) is 0 Å². The van der Waals surface area contributed by atoms with E-state index in [0.29, 0.717) is 5.92 Å². The standard InChI is InChI=1S/C19H27NO/c1-5-10-19(17-8-7-9-18(14-17)21-4)11-13-20(12-6-2)15-16(19)3/h5-9,14,16H,1-2,10-13,15H2,3-4H3. The third kappa shape index (κ3) is 3.21. The molecule has 0 saturated carbocycles. The van der Waals surface area contributed by atoms with Crippen LogP contribution in [0.5, 0.6) is 5.75 Å². The quantitative estimate of drug-likeness (QED) is 0.732. The minimum absolute atomic E-state index is 0.175. The van der Waals surface area contributed by atoms with Crippen LogP contribution in [0.15, 0.2) is 49.6 Å². The molecular weight excluding hydrogens is 258 g/mol. The Bertz CT molecular complexity index is 496. The van der Waals surface area contributed by atoms with Gasteiger partial charge < -0.3 is 4.74 Å². The van der Waals surface area contributed by atoms with Crippen molar-refractivity contribution in [3.05, 3.63) is 55.1 Å². The number of hydrogen-bond donors (Lipinski definition) is 0. The van der Waals surface area contributed by atoms with E-state index in [1.54, 1.807) is 7.11 Å². The van der Waals surface area contributed by atoms with E-state index in [2.05, 4.69) is 49.3 Å². The first-order chi connectivity index (χ1) is 10.2. The van der Waals surface area contributed by atoms with Gasteiger partial charge in [0.25, 0.3) is 0 Å². The molecule has 0 aromatic heterocycles. The van der Waals surface area contributed by atoms with Crippen LogP contribution in [-0.2, 0) is 5.41 Å². The third-order valence-corrected chi connectivity index (χ3v) is 4.89. The zero-order chi connectivity index (χ0) is 15.3. The van der Waals surface area contributed by atoms with Crippen molar-refractivity contribution >= 4 is 0 Å². The largest absolute Gasteiger partial charge is 0.497 e. The summed E-state index contributed by atoms with van der Waals surface area (Å²) in [4.78, 5) is 2.49. The Kier molecular flexibility index (Phi) is 5.24. The molecule has 2 heteroatoms. The molecule has 0 N–H and O–H groups in total. The van der Waals surface area contributed by atoms with Crippen molar-refractivity contribution in [3.8, 4) is 5.75 Å². The molecule has 0 radical (unpaired) electrons. The second-order valence-corrected chi connectivity index (χ2v) is 6.08. The third-order valence-electron chi connectivity index (χ3n) is 4.89. The molecule has 0 bridgehead atoms. The zero-order valence-electron chi connectivity index (χ0n) is 13.3. The fourth-order valence-corrected chi connectivity index (χ4v) is 3.65. The molecule has 2 rings (SSSR count). The highest BCUT2D eigenvalue weighted by Crippen LogP contribution is 2.43. The highest BCUT2D eigenvalue weighted by atomic mass is 16.5. The molecule has 2 unspecified atom stereocenters. The fraction of sp³-hybridized carbons (Fsp3) is 0.474. The van der Waals surface area contributed by atoms with Crippen LogP contribution in [0, 0.1) is 5.92 Å². The number of piperidine rings is 1. The van der Waals surface area contributed by atoms with Gasteiger partial charge in [0, 0.05) is 18.5 Å². The van der Waals surface area contributed by atoms with Gasteiger partial charge in [0.2, 0.25) is 0 Å². The minimum Gasteiger partial charge on any atom is -0.497 e. The zero-order valence-corrected chi connectivity index (χ0v) is 13.3. The summed E-state index contributed by atoms with van der Waals surface area (Å²) in [6.45, 7) is 13.4. The first-order valence-electron chi connectivity index (χ1n) is 7.75. The van der Waals surface area contributed by atoms with E-state index in [0.717, 1.165) is 38.2 Å². The Labute approximate surface area is 129 Å². The van der Waals surface area contributed by atoms with Crippen LogP contribution < -0.4 is 4.74 Å². The summed E-state index contributed by atoms with van der Waals surface area (Å²) in [5, 5.41) is 0. The number of benzene rings is 1. The SMILES string of the molecule is C=CCN1CCC(CC=C)(c2cccc(OC)c2)C(C)C1. The number of likely N-dealkylation sites (tertiary alicyclic amines) is 1. The van der Waals surface area contributed by atoms with Crippen LogP contribution in [0.2, 0.25) is 0 Å². The van der Waals surface area contributed by atoms with E-state index in [-0.39, 0.29) is 5.41 Å². The Balaban J connectivity index is 2.32. The van der Waals surface area contributed by atoms with Crippen molar-refractivity contribution < 1.29 is 4.74 Å². The Morgan fingerprint density at radius 1 is 1.38 bits per heavy atom. The summed E-state index contributed by atoms with van der Waals surface area (Å²) in [5.41, 5.74) is 1.56. The Morgan fingerprint density at radius 3 is 2.81 bits per heavy atom. The molecule has 1 aliphatic rings. The molecule has 0 amide bonds. The molecular formula is C19H27NO. The highest BCUT2D eigenvalue weighted by Gasteiger charge is 2.40. The second-order valence-electron chi connectivity index (χ2n) is 6.08. The lowest BCUT2D eigenvalue weighted by Gasteiger charge is -2.47. The number of ether oxygens (including phenoxy) is 1. The van der Waals surface area contributed by atoms with E-state index < -0.39 is 0 Å². The average molecular weight is 285 g/mol. The van der Waals surface area contributed by atoms with Gasteiger partial charge in [-0.25, -0.2) is 0 Å². The van der Waals surface area contributed by atoms with Gasteiger partial charge >= 0.3 is 0 Å². The molecule has 0 aliphatic carbocycles. The maximum Gasteiger partial charge on any atom is 0.119 e. The highest BCUT2D eigenvalue weighted by molar-refractivity contribution is 5.35. The normalized spacial score (nSPS) is 26.3. The number of allylic oxidation sites excluding steroid dienone is 1. The molecule has 1 saturated heterocycles. The van der Waals surface area contributed by atoms with Crippen LogP contribution in [0.25, 0.3) is 0 Å².